The first-order valence-electron chi connectivity index (χ1n) is 7.79. The van der Waals surface area contributed by atoms with E-state index in [0.717, 1.165) is 30.8 Å². The normalized spacial score (nSPS) is 19.8. The van der Waals surface area contributed by atoms with Gasteiger partial charge in [0.25, 0.3) is 0 Å². The molecule has 2 N–H and O–H groups in total. The van der Waals surface area contributed by atoms with Gasteiger partial charge in [0.2, 0.25) is 0 Å². The molecule has 1 aromatic rings. The highest BCUT2D eigenvalue weighted by Gasteiger charge is 2.31. The largest absolute Gasteiger partial charge is 0.396 e. The Labute approximate surface area is 127 Å². The lowest BCUT2D eigenvalue weighted by molar-refractivity contribution is 0.0781. The summed E-state index contributed by atoms with van der Waals surface area (Å²) in [5, 5.41) is 14.2. The predicted octanol–water partition coefficient (Wildman–Crippen LogP) is 4.32. The van der Waals surface area contributed by atoms with E-state index in [-0.39, 0.29) is 5.41 Å². The molecule has 3 heteroatoms. The summed E-state index contributed by atoms with van der Waals surface area (Å²) in [5.74, 6) is 0. The second-order valence-corrected chi connectivity index (χ2v) is 6.55. The van der Waals surface area contributed by atoms with Crippen LogP contribution in [-0.4, -0.2) is 18.3 Å². The Morgan fingerprint density at radius 3 is 2.65 bits per heavy atom. The van der Waals surface area contributed by atoms with Crippen molar-refractivity contribution in [2.45, 2.75) is 51.5 Å². The number of aliphatic hydroxyl groups excluding tert-OH is 1. The fourth-order valence-corrected chi connectivity index (χ4v) is 3.45. The van der Waals surface area contributed by atoms with Crippen LogP contribution in [0.2, 0.25) is 5.02 Å². The molecule has 0 saturated heterocycles. The van der Waals surface area contributed by atoms with Gasteiger partial charge in [0.15, 0.2) is 0 Å². The maximum absolute atomic E-state index is 9.78. The Kier molecular flexibility index (Phi) is 5.88. The molecule has 1 aliphatic rings. The van der Waals surface area contributed by atoms with Crippen molar-refractivity contribution in [3.8, 4) is 0 Å². The molecule has 20 heavy (non-hydrogen) atoms. The molecular formula is C17H26ClNO. The summed E-state index contributed by atoms with van der Waals surface area (Å²) in [7, 11) is 0. The van der Waals surface area contributed by atoms with E-state index in [1.54, 1.807) is 0 Å². The Bertz CT molecular complexity index is 415. The average molecular weight is 296 g/mol. The first-order valence-corrected chi connectivity index (χ1v) is 8.17. The van der Waals surface area contributed by atoms with Gasteiger partial charge in [0.05, 0.1) is 0 Å². The molecule has 1 fully saturated rings. The smallest absolute Gasteiger partial charge is 0.0499 e. The highest BCUT2D eigenvalue weighted by atomic mass is 35.5. The third kappa shape index (κ3) is 3.97. The van der Waals surface area contributed by atoms with Gasteiger partial charge in [-0.2, -0.15) is 0 Å². The highest BCUT2D eigenvalue weighted by molar-refractivity contribution is 6.30. The Hall–Kier alpha value is -0.570. The topological polar surface area (TPSA) is 32.3 Å². The van der Waals surface area contributed by atoms with E-state index < -0.39 is 0 Å². The molecular weight excluding hydrogens is 270 g/mol. The van der Waals surface area contributed by atoms with E-state index in [2.05, 4.69) is 18.3 Å². The van der Waals surface area contributed by atoms with Gasteiger partial charge in [0, 0.05) is 29.6 Å². The minimum absolute atomic E-state index is 0.0875. The third-order valence-electron chi connectivity index (χ3n) is 4.63. The second kappa shape index (κ2) is 7.44. The van der Waals surface area contributed by atoms with Crippen LogP contribution in [0.4, 0.5) is 0 Å². The molecule has 0 amide bonds. The minimum Gasteiger partial charge on any atom is -0.396 e. The van der Waals surface area contributed by atoms with Crippen LogP contribution >= 0.6 is 11.6 Å². The summed E-state index contributed by atoms with van der Waals surface area (Å²) < 4.78 is 0. The lowest BCUT2D eigenvalue weighted by Crippen LogP contribution is -2.40. The molecule has 1 unspecified atom stereocenters. The minimum atomic E-state index is 0.0875. The van der Waals surface area contributed by atoms with Gasteiger partial charge in [0.1, 0.15) is 0 Å². The van der Waals surface area contributed by atoms with E-state index in [1.165, 1.54) is 24.8 Å². The molecule has 1 aromatic carbocycles. The molecule has 2 nitrogen and oxygen atoms in total. The molecule has 0 aliphatic heterocycles. The monoisotopic (exact) mass is 295 g/mol. The average Bonchev–Trinajstić information content (AvgIpc) is 2.49. The third-order valence-corrected chi connectivity index (χ3v) is 4.87. The predicted molar refractivity (Wildman–Crippen MR) is 85.1 cm³/mol. The zero-order valence-electron chi connectivity index (χ0n) is 12.4. The van der Waals surface area contributed by atoms with Crippen molar-refractivity contribution in [2.75, 3.05) is 13.2 Å². The van der Waals surface area contributed by atoms with Crippen LogP contribution in [0, 0.1) is 5.41 Å². The van der Waals surface area contributed by atoms with Crippen molar-refractivity contribution in [1.82, 2.24) is 5.32 Å². The standard InChI is InChI=1S/C17H26ClNO/c1-2-16(14-7-6-8-15(18)11-14)19-12-17(13-20)9-4-3-5-10-17/h6-8,11,16,19-20H,2-5,9-10,12-13H2,1H3. The van der Waals surface area contributed by atoms with Crippen molar-refractivity contribution in [3.63, 3.8) is 0 Å². The van der Waals surface area contributed by atoms with Gasteiger partial charge in [-0.1, -0.05) is 49.9 Å². The van der Waals surface area contributed by atoms with Crippen LogP contribution in [0.5, 0.6) is 0 Å². The van der Waals surface area contributed by atoms with E-state index in [0.29, 0.717) is 12.6 Å². The molecule has 0 heterocycles. The van der Waals surface area contributed by atoms with Crippen LogP contribution in [0.25, 0.3) is 0 Å². The quantitative estimate of drug-likeness (QED) is 0.819. The maximum Gasteiger partial charge on any atom is 0.0499 e. The second-order valence-electron chi connectivity index (χ2n) is 6.12. The molecule has 112 valence electrons. The lowest BCUT2D eigenvalue weighted by Gasteiger charge is -2.37. The van der Waals surface area contributed by atoms with Crippen LogP contribution in [0.3, 0.4) is 0 Å². The van der Waals surface area contributed by atoms with Crippen LogP contribution in [0.15, 0.2) is 24.3 Å². The summed E-state index contributed by atoms with van der Waals surface area (Å²) in [4.78, 5) is 0. The van der Waals surface area contributed by atoms with Crippen molar-refractivity contribution in [2.24, 2.45) is 5.41 Å². The Balaban J connectivity index is 1.99. The molecule has 1 saturated carbocycles. The SMILES string of the molecule is CCC(NCC1(CO)CCCCC1)c1cccc(Cl)c1. The molecule has 1 atom stereocenters. The van der Waals surface area contributed by atoms with Gasteiger partial charge in [-0.25, -0.2) is 0 Å². The Morgan fingerprint density at radius 1 is 1.30 bits per heavy atom. The molecule has 0 aromatic heterocycles. The molecule has 0 bridgehead atoms. The molecule has 0 radical (unpaired) electrons. The van der Waals surface area contributed by atoms with Gasteiger partial charge in [-0.15, -0.1) is 0 Å². The van der Waals surface area contributed by atoms with Crippen molar-refractivity contribution < 1.29 is 5.11 Å². The highest BCUT2D eigenvalue weighted by Crippen LogP contribution is 2.36. The summed E-state index contributed by atoms with van der Waals surface area (Å²) in [6.07, 6.45) is 7.12. The van der Waals surface area contributed by atoms with Crippen molar-refractivity contribution in [1.29, 1.82) is 0 Å². The van der Waals surface area contributed by atoms with Crippen molar-refractivity contribution >= 4 is 11.6 Å². The maximum atomic E-state index is 9.78. The number of benzene rings is 1. The Morgan fingerprint density at radius 2 is 2.05 bits per heavy atom. The van der Waals surface area contributed by atoms with Crippen LogP contribution < -0.4 is 5.32 Å². The molecule has 1 aliphatic carbocycles. The fraction of sp³-hybridized carbons (Fsp3) is 0.647. The van der Waals surface area contributed by atoms with E-state index in [1.807, 2.05) is 18.2 Å². The number of nitrogens with one attached hydrogen (secondary N) is 1. The summed E-state index contributed by atoms with van der Waals surface area (Å²) >= 11 is 6.08. The summed E-state index contributed by atoms with van der Waals surface area (Å²) in [6, 6.07) is 8.40. The van der Waals surface area contributed by atoms with Crippen molar-refractivity contribution in [3.05, 3.63) is 34.9 Å². The number of hydrogen-bond donors (Lipinski definition) is 2. The van der Waals surface area contributed by atoms with Gasteiger partial charge in [-0.05, 0) is 37.0 Å². The number of hydrogen-bond acceptors (Lipinski definition) is 2. The lowest BCUT2D eigenvalue weighted by atomic mass is 9.74. The van der Waals surface area contributed by atoms with E-state index >= 15 is 0 Å². The first-order chi connectivity index (χ1) is 9.69. The first kappa shape index (κ1) is 15.8. The fourth-order valence-electron chi connectivity index (χ4n) is 3.25. The number of rotatable bonds is 6. The summed E-state index contributed by atoms with van der Waals surface area (Å²) in [5.41, 5.74) is 1.33. The van der Waals surface area contributed by atoms with Gasteiger partial charge in [-0.3, -0.25) is 0 Å². The zero-order chi connectivity index (χ0) is 14.4. The van der Waals surface area contributed by atoms with Gasteiger partial charge >= 0.3 is 0 Å². The van der Waals surface area contributed by atoms with Crippen LogP contribution in [-0.2, 0) is 0 Å². The molecule has 0 spiro atoms. The van der Waals surface area contributed by atoms with Gasteiger partial charge < -0.3 is 10.4 Å². The summed E-state index contributed by atoms with van der Waals surface area (Å²) in [6.45, 7) is 3.38. The number of halogens is 1. The van der Waals surface area contributed by atoms with Crippen LogP contribution in [0.1, 0.15) is 57.1 Å². The van der Waals surface area contributed by atoms with E-state index in [4.69, 9.17) is 11.6 Å². The molecule has 2 rings (SSSR count). The zero-order valence-corrected chi connectivity index (χ0v) is 13.1. The number of aliphatic hydroxyl groups is 1. The van der Waals surface area contributed by atoms with E-state index in [9.17, 15) is 5.11 Å².